The summed E-state index contributed by atoms with van der Waals surface area (Å²) in [6, 6.07) is 11.1. The van der Waals surface area contributed by atoms with Crippen LogP contribution in [0, 0.1) is 0 Å². The normalized spacial score (nSPS) is 21.7. The van der Waals surface area contributed by atoms with Gasteiger partial charge in [-0.05, 0) is 24.8 Å². The second kappa shape index (κ2) is 4.58. The van der Waals surface area contributed by atoms with Crippen molar-refractivity contribution in [2.24, 2.45) is 0 Å². The summed E-state index contributed by atoms with van der Waals surface area (Å²) in [5, 5.41) is 1.77. The molecule has 86 valence electrons. The van der Waals surface area contributed by atoms with E-state index >= 15 is 0 Å². The molecule has 1 aliphatic carbocycles. The van der Waals surface area contributed by atoms with E-state index in [2.05, 4.69) is 56.0 Å². The average Bonchev–Trinajstić information content (AvgIpc) is 2.29. The Bertz CT molecular complexity index is 370. The first-order valence-electron chi connectivity index (χ1n) is 6.34. The number of hydrogen-bond donors (Lipinski definition) is 0. The first-order chi connectivity index (χ1) is 7.59. The van der Waals surface area contributed by atoms with Crippen molar-refractivity contribution in [2.45, 2.75) is 44.8 Å². The van der Waals surface area contributed by atoms with E-state index in [1.807, 2.05) is 0 Å². The van der Waals surface area contributed by atoms with Crippen LogP contribution < -0.4 is 0 Å². The molecule has 1 unspecified atom stereocenters. The van der Waals surface area contributed by atoms with E-state index in [0.29, 0.717) is 5.92 Å². The molecule has 0 saturated carbocycles. The maximum atomic E-state index is 2.54. The van der Waals surface area contributed by atoms with Crippen molar-refractivity contribution in [1.29, 1.82) is 0 Å². The van der Waals surface area contributed by atoms with Gasteiger partial charge in [-0.2, -0.15) is 0 Å². The van der Waals surface area contributed by atoms with Crippen LogP contribution in [0.4, 0.5) is 0 Å². The zero-order chi connectivity index (χ0) is 11.6. The van der Waals surface area contributed by atoms with E-state index in [-0.39, 0.29) is 0 Å². The van der Waals surface area contributed by atoms with Gasteiger partial charge in [-0.25, -0.2) is 0 Å². The lowest BCUT2D eigenvalue weighted by Crippen LogP contribution is -2.29. The molecule has 0 spiro atoms. The molecule has 0 nitrogen and oxygen atoms in total. The van der Waals surface area contributed by atoms with Crippen molar-refractivity contribution in [2.75, 3.05) is 0 Å². The zero-order valence-corrected chi connectivity index (χ0v) is 11.7. The van der Waals surface area contributed by atoms with E-state index in [4.69, 9.17) is 0 Å². The fourth-order valence-electron chi connectivity index (χ4n) is 2.74. The predicted molar refractivity (Wildman–Crippen MR) is 74.5 cm³/mol. The summed E-state index contributed by atoms with van der Waals surface area (Å²) in [6.45, 7) is 7.42. The highest BCUT2D eigenvalue weighted by Crippen LogP contribution is 2.38. The zero-order valence-electron chi connectivity index (χ0n) is 10.7. The van der Waals surface area contributed by atoms with Gasteiger partial charge < -0.3 is 0 Å². The number of rotatable bonds is 2. The van der Waals surface area contributed by atoms with Crippen LogP contribution in [0.3, 0.4) is 0 Å². The Hall–Kier alpha value is -0.823. The van der Waals surface area contributed by atoms with Crippen LogP contribution >= 0.6 is 0 Å². The Morgan fingerprint density at radius 1 is 1.06 bits per heavy atom. The topological polar surface area (TPSA) is 0 Å². The van der Waals surface area contributed by atoms with Gasteiger partial charge in [0.05, 0.1) is 8.07 Å². The molecule has 0 fully saturated rings. The maximum absolute atomic E-state index is 2.54. The molecular weight excluding hydrogens is 208 g/mol. The van der Waals surface area contributed by atoms with Crippen LogP contribution in [-0.2, 0) is 0 Å². The van der Waals surface area contributed by atoms with Crippen LogP contribution in [0.15, 0.2) is 41.6 Å². The van der Waals surface area contributed by atoms with Crippen LogP contribution in [0.5, 0.6) is 0 Å². The van der Waals surface area contributed by atoms with Gasteiger partial charge in [0.25, 0.3) is 0 Å². The molecule has 2 rings (SSSR count). The van der Waals surface area contributed by atoms with Crippen LogP contribution in [0.1, 0.15) is 30.7 Å². The second-order valence-electron chi connectivity index (χ2n) is 5.80. The largest absolute Gasteiger partial charge is 0.0886 e. The predicted octanol–water partition coefficient (Wildman–Crippen LogP) is 4.76. The molecule has 0 N–H and O–H groups in total. The first-order valence-corrected chi connectivity index (χ1v) is 9.84. The minimum atomic E-state index is -1.14. The monoisotopic (exact) mass is 230 g/mol. The molecule has 1 atom stereocenters. The molecule has 16 heavy (non-hydrogen) atoms. The van der Waals surface area contributed by atoms with Gasteiger partial charge in [-0.15, -0.1) is 0 Å². The smallest absolute Gasteiger partial charge is 0.0728 e. The number of hydrogen-bond acceptors (Lipinski definition) is 0. The SMILES string of the molecule is C[Si](C)(C)C1=CCCCC1c1ccccc1. The summed E-state index contributed by atoms with van der Waals surface area (Å²) in [4.78, 5) is 0. The van der Waals surface area contributed by atoms with E-state index in [0.717, 1.165) is 0 Å². The Morgan fingerprint density at radius 2 is 1.75 bits per heavy atom. The van der Waals surface area contributed by atoms with Gasteiger partial charge in [0.15, 0.2) is 0 Å². The van der Waals surface area contributed by atoms with Crippen molar-refractivity contribution in [3.8, 4) is 0 Å². The molecule has 1 aromatic carbocycles. The Labute approximate surface area is 100 Å². The van der Waals surface area contributed by atoms with E-state index < -0.39 is 8.07 Å². The highest BCUT2D eigenvalue weighted by atomic mass is 28.3. The third-order valence-corrected chi connectivity index (χ3v) is 5.79. The Morgan fingerprint density at radius 3 is 2.38 bits per heavy atom. The molecule has 1 heteroatoms. The summed E-state index contributed by atoms with van der Waals surface area (Å²) in [5.74, 6) is 0.710. The standard InChI is InChI=1S/C15H22Si/c1-16(2,3)15-12-8-7-11-14(15)13-9-5-4-6-10-13/h4-6,9-10,12,14H,7-8,11H2,1-3H3. The van der Waals surface area contributed by atoms with Crippen molar-refractivity contribution in [3.63, 3.8) is 0 Å². The van der Waals surface area contributed by atoms with Gasteiger partial charge in [0, 0.05) is 5.92 Å². The third kappa shape index (κ3) is 2.46. The van der Waals surface area contributed by atoms with Gasteiger partial charge in [0.2, 0.25) is 0 Å². The van der Waals surface area contributed by atoms with Crippen molar-refractivity contribution >= 4 is 8.07 Å². The number of allylic oxidation sites excluding steroid dienone is 2. The minimum Gasteiger partial charge on any atom is -0.0886 e. The molecule has 1 aliphatic rings. The van der Waals surface area contributed by atoms with Gasteiger partial charge in [-0.1, -0.05) is 61.2 Å². The highest BCUT2D eigenvalue weighted by Gasteiger charge is 2.29. The fourth-order valence-corrected chi connectivity index (χ4v) is 4.85. The fraction of sp³-hybridized carbons (Fsp3) is 0.467. The lowest BCUT2D eigenvalue weighted by Gasteiger charge is -2.32. The van der Waals surface area contributed by atoms with E-state index in [1.165, 1.54) is 24.8 Å². The molecule has 0 saturated heterocycles. The molecule has 0 aromatic heterocycles. The van der Waals surface area contributed by atoms with Crippen molar-refractivity contribution in [3.05, 3.63) is 47.2 Å². The summed E-state index contributed by atoms with van der Waals surface area (Å²) in [7, 11) is -1.14. The van der Waals surface area contributed by atoms with Crippen LogP contribution in [0.25, 0.3) is 0 Å². The molecule has 0 amide bonds. The minimum absolute atomic E-state index is 0.710. The van der Waals surface area contributed by atoms with Crippen LogP contribution in [-0.4, -0.2) is 8.07 Å². The van der Waals surface area contributed by atoms with E-state index in [9.17, 15) is 0 Å². The van der Waals surface area contributed by atoms with Gasteiger partial charge in [0.1, 0.15) is 0 Å². The Kier molecular flexibility index (Phi) is 3.34. The molecule has 0 bridgehead atoms. The van der Waals surface area contributed by atoms with Crippen molar-refractivity contribution in [1.82, 2.24) is 0 Å². The molecule has 0 radical (unpaired) electrons. The van der Waals surface area contributed by atoms with Gasteiger partial charge in [-0.3, -0.25) is 0 Å². The van der Waals surface area contributed by atoms with Gasteiger partial charge >= 0.3 is 0 Å². The van der Waals surface area contributed by atoms with Crippen molar-refractivity contribution < 1.29 is 0 Å². The second-order valence-corrected chi connectivity index (χ2v) is 10.9. The molecule has 0 aliphatic heterocycles. The highest BCUT2D eigenvalue weighted by molar-refractivity contribution is 6.83. The van der Waals surface area contributed by atoms with Crippen LogP contribution in [0.2, 0.25) is 19.6 Å². The lowest BCUT2D eigenvalue weighted by atomic mass is 9.89. The first kappa shape index (κ1) is 11.7. The summed E-state index contributed by atoms with van der Waals surface area (Å²) >= 11 is 0. The quantitative estimate of drug-likeness (QED) is 0.643. The summed E-state index contributed by atoms with van der Waals surface area (Å²) in [6.07, 6.45) is 6.53. The molecule has 1 aromatic rings. The molecular formula is C15H22Si. The third-order valence-electron chi connectivity index (χ3n) is 3.50. The molecule has 0 heterocycles. The Balaban J connectivity index is 2.33. The van der Waals surface area contributed by atoms with E-state index in [1.54, 1.807) is 5.20 Å². The average molecular weight is 230 g/mol. The summed E-state index contributed by atoms with van der Waals surface area (Å²) < 4.78 is 0. The number of benzene rings is 1. The maximum Gasteiger partial charge on any atom is 0.0728 e. The summed E-state index contributed by atoms with van der Waals surface area (Å²) in [5.41, 5.74) is 1.52. The lowest BCUT2D eigenvalue weighted by molar-refractivity contribution is 0.640.